The van der Waals surface area contributed by atoms with Gasteiger partial charge < -0.3 is 21.1 Å². The van der Waals surface area contributed by atoms with Gasteiger partial charge in [0.15, 0.2) is 5.96 Å². The highest BCUT2D eigenvalue weighted by Crippen LogP contribution is 2.15. The zero-order valence-electron chi connectivity index (χ0n) is 17.1. The zero-order valence-corrected chi connectivity index (χ0v) is 19.4. The highest BCUT2D eigenvalue weighted by atomic mass is 127. The van der Waals surface area contributed by atoms with E-state index in [9.17, 15) is 4.79 Å². The SMILES string of the molecule is CCNC(=NCc1ccc(C(N)=O)cc1)NCCCOC(C)c1ccccc1.I. The van der Waals surface area contributed by atoms with Crippen LogP contribution in [-0.4, -0.2) is 31.6 Å². The second-order valence-electron chi connectivity index (χ2n) is 6.46. The van der Waals surface area contributed by atoms with E-state index >= 15 is 0 Å². The van der Waals surface area contributed by atoms with Crippen molar-refractivity contribution in [2.24, 2.45) is 10.7 Å². The fraction of sp³-hybridized carbons (Fsp3) is 0.364. The second kappa shape index (κ2) is 13.9. The first-order chi connectivity index (χ1) is 13.6. The molecule has 0 heterocycles. The number of carbonyl (C=O) groups is 1. The maximum absolute atomic E-state index is 11.1. The van der Waals surface area contributed by atoms with Crippen LogP contribution in [-0.2, 0) is 11.3 Å². The molecule has 0 spiro atoms. The summed E-state index contributed by atoms with van der Waals surface area (Å²) in [5, 5.41) is 6.55. The molecule has 0 aromatic heterocycles. The molecule has 0 saturated heterocycles. The first-order valence-electron chi connectivity index (χ1n) is 9.67. The Kier molecular flexibility index (Phi) is 12.0. The van der Waals surface area contributed by atoms with Crippen LogP contribution >= 0.6 is 24.0 Å². The molecular weight excluding hydrogens is 479 g/mol. The molecular formula is C22H31IN4O2. The Labute approximate surface area is 190 Å². The standard InChI is InChI=1S/C22H30N4O2.HI/c1-3-24-22(26-16-18-10-12-20(13-11-18)21(23)27)25-14-7-15-28-17(2)19-8-5-4-6-9-19;/h4-6,8-13,17H,3,7,14-16H2,1-2H3,(H2,23,27)(H2,24,25,26);1H. The van der Waals surface area contributed by atoms with Gasteiger partial charge >= 0.3 is 0 Å². The largest absolute Gasteiger partial charge is 0.374 e. The summed E-state index contributed by atoms with van der Waals surface area (Å²) in [6.07, 6.45) is 0.973. The van der Waals surface area contributed by atoms with E-state index in [2.05, 4.69) is 34.7 Å². The number of nitrogens with two attached hydrogens (primary N) is 1. The highest BCUT2D eigenvalue weighted by molar-refractivity contribution is 14.0. The van der Waals surface area contributed by atoms with E-state index in [-0.39, 0.29) is 30.1 Å². The Hall–Kier alpha value is -2.13. The van der Waals surface area contributed by atoms with E-state index in [0.29, 0.717) is 18.7 Å². The minimum Gasteiger partial charge on any atom is -0.374 e. The molecule has 158 valence electrons. The van der Waals surface area contributed by atoms with Crippen molar-refractivity contribution in [3.05, 3.63) is 71.3 Å². The van der Waals surface area contributed by atoms with Crippen LogP contribution < -0.4 is 16.4 Å². The summed E-state index contributed by atoms with van der Waals surface area (Å²) in [6, 6.07) is 17.4. The van der Waals surface area contributed by atoms with E-state index in [1.54, 1.807) is 12.1 Å². The number of nitrogens with one attached hydrogen (secondary N) is 2. The Bertz CT molecular complexity index is 751. The van der Waals surface area contributed by atoms with Crippen molar-refractivity contribution in [3.8, 4) is 0 Å². The topological polar surface area (TPSA) is 88.7 Å². The molecule has 0 bridgehead atoms. The number of hydrogen-bond acceptors (Lipinski definition) is 3. The van der Waals surface area contributed by atoms with Crippen LogP contribution in [0.4, 0.5) is 0 Å². The monoisotopic (exact) mass is 510 g/mol. The number of hydrogen-bond donors (Lipinski definition) is 3. The number of carbonyl (C=O) groups excluding carboxylic acids is 1. The number of guanidine groups is 1. The molecule has 0 aliphatic heterocycles. The second-order valence-corrected chi connectivity index (χ2v) is 6.46. The molecule has 2 aromatic rings. The number of halogens is 1. The van der Waals surface area contributed by atoms with Gasteiger partial charge in [-0.2, -0.15) is 0 Å². The van der Waals surface area contributed by atoms with Crippen LogP contribution in [0.15, 0.2) is 59.6 Å². The van der Waals surface area contributed by atoms with E-state index in [4.69, 9.17) is 10.5 Å². The molecule has 1 unspecified atom stereocenters. The van der Waals surface area contributed by atoms with E-state index < -0.39 is 5.91 Å². The van der Waals surface area contributed by atoms with Crippen molar-refractivity contribution in [2.45, 2.75) is 32.9 Å². The van der Waals surface area contributed by atoms with E-state index in [0.717, 1.165) is 31.0 Å². The Morgan fingerprint density at radius 2 is 1.79 bits per heavy atom. The third-order valence-electron chi connectivity index (χ3n) is 4.25. The minimum atomic E-state index is -0.422. The maximum atomic E-state index is 11.1. The van der Waals surface area contributed by atoms with Crippen LogP contribution in [0.1, 0.15) is 47.9 Å². The predicted octanol–water partition coefficient (Wildman–Crippen LogP) is 3.63. The fourth-order valence-corrected chi connectivity index (χ4v) is 2.65. The van der Waals surface area contributed by atoms with Crippen LogP contribution in [0.25, 0.3) is 0 Å². The lowest BCUT2D eigenvalue weighted by atomic mass is 10.1. The summed E-state index contributed by atoms with van der Waals surface area (Å²) in [7, 11) is 0. The summed E-state index contributed by atoms with van der Waals surface area (Å²) in [4.78, 5) is 15.7. The van der Waals surface area contributed by atoms with Crippen molar-refractivity contribution in [1.29, 1.82) is 0 Å². The molecule has 6 nitrogen and oxygen atoms in total. The molecule has 2 aromatic carbocycles. The molecule has 0 saturated carbocycles. The molecule has 0 fully saturated rings. The van der Waals surface area contributed by atoms with E-state index in [1.165, 1.54) is 5.56 Å². The molecule has 0 aliphatic rings. The molecule has 1 atom stereocenters. The first kappa shape index (κ1) is 24.9. The quantitative estimate of drug-likeness (QED) is 0.197. The number of ether oxygens (including phenoxy) is 1. The van der Waals surface area contributed by atoms with E-state index in [1.807, 2.05) is 37.3 Å². The number of primary amides is 1. The molecule has 2 rings (SSSR count). The molecule has 29 heavy (non-hydrogen) atoms. The van der Waals surface area contributed by atoms with Gasteiger partial charge in [0.1, 0.15) is 0 Å². The Morgan fingerprint density at radius 1 is 1.10 bits per heavy atom. The van der Waals surface area contributed by atoms with Gasteiger partial charge in [0.05, 0.1) is 12.6 Å². The third kappa shape index (κ3) is 9.27. The lowest BCUT2D eigenvalue weighted by Crippen LogP contribution is -2.38. The van der Waals surface area contributed by atoms with Crippen molar-refractivity contribution >= 4 is 35.8 Å². The van der Waals surface area contributed by atoms with Crippen LogP contribution in [0.2, 0.25) is 0 Å². The van der Waals surface area contributed by atoms with Gasteiger partial charge in [0.25, 0.3) is 0 Å². The smallest absolute Gasteiger partial charge is 0.248 e. The number of benzene rings is 2. The summed E-state index contributed by atoms with van der Waals surface area (Å²) >= 11 is 0. The number of aliphatic imine (C=N–C) groups is 1. The average Bonchev–Trinajstić information content (AvgIpc) is 2.72. The summed E-state index contributed by atoms with van der Waals surface area (Å²) < 4.78 is 5.89. The molecule has 7 heteroatoms. The van der Waals surface area contributed by atoms with Gasteiger partial charge in [-0.1, -0.05) is 42.5 Å². The van der Waals surface area contributed by atoms with Crippen LogP contribution in [0.3, 0.4) is 0 Å². The predicted molar refractivity (Wildman–Crippen MR) is 129 cm³/mol. The van der Waals surface area contributed by atoms with Crippen LogP contribution in [0, 0.1) is 0 Å². The maximum Gasteiger partial charge on any atom is 0.248 e. The third-order valence-corrected chi connectivity index (χ3v) is 4.25. The molecule has 4 N–H and O–H groups in total. The normalized spacial score (nSPS) is 12.0. The van der Waals surface area contributed by atoms with Gasteiger partial charge in [0.2, 0.25) is 5.91 Å². The van der Waals surface area contributed by atoms with Crippen molar-refractivity contribution in [2.75, 3.05) is 19.7 Å². The number of nitrogens with zero attached hydrogens (tertiary/aromatic N) is 1. The van der Waals surface area contributed by atoms with Crippen molar-refractivity contribution in [1.82, 2.24) is 10.6 Å². The van der Waals surface area contributed by atoms with Gasteiger partial charge in [-0.05, 0) is 43.5 Å². The average molecular weight is 510 g/mol. The summed E-state index contributed by atoms with van der Waals surface area (Å²) in [5.41, 5.74) is 7.97. The van der Waals surface area contributed by atoms with Crippen molar-refractivity contribution in [3.63, 3.8) is 0 Å². The number of rotatable bonds is 10. The first-order valence-corrected chi connectivity index (χ1v) is 9.67. The Morgan fingerprint density at radius 3 is 2.41 bits per heavy atom. The number of amides is 1. The minimum absolute atomic E-state index is 0. The van der Waals surface area contributed by atoms with Gasteiger partial charge in [-0.25, -0.2) is 4.99 Å². The summed E-state index contributed by atoms with van der Waals surface area (Å²) in [5.74, 6) is 0.339. The van der Waals surface area contributed by atoms with Gasteiger partial charge in [-0.15, -0.1) is 24.0 Å². The molecule has 1 amide bonds. The van der Waals surface area contributed by atoms with Gasteiger partial charge in [0, 0.05) is 25.3 Å². The molecule has 0 aliphatic carbocycles. The fourth-order valence-electron chi connectivity index (χ4n) is 2.65. The highest BCUT2D eigenvalue weighted by Gasteiger charge is 2.05. The Balaban J connectivity index is 0.00000420. The summed E-state index contributed by atoms with van der Waals surface area (Å²) in [6.45, 7) is 6.86. The zero-order chi connectivity index (χ0) is 20.2. The lowest BCUT2D eigenvalue weighted by Gasteiger charge is -2.14. The molecule has 0 radical (unpaired) electrons. The van der Waals surface area contributed by atoms with Crippen LogP contribution in [0.5, 0.6) is 0 Å². The van der Waals surface area contributed by atoms with Crippen molar-refractivity contribution < 1.29 is 9.53 Å². The lowest BCUT2D eigenvalue weighted by molar-refractivity contribution is 0.0646. The van der Waals surface area contributed by atoms with Gasteiger partial charge in [-0.3, -0.25) is 4.79 Å².